The number of hydrogen-bond acceptors (Lipinski definition) is 2. The van der Waals surface area contributed by atoms with Gasteiger partial charge in [0.1, 0.15) is 0 Å². The predicted molar refractivity (Wildman–Crippen MR) is 58.5 cm³/mol. The molecule has 3 rings (SSSR count). The molecule has 2 nitrogen and oxygen atoms in total. The molecule has 2 aliphatic rings. The normalized spacial score (nSPS) is 20.3. The van der Waals surface area contributed by atoms with Crippen LogP contribution in [0.15, 0.2) is 18.2 Å². The van der Waals surface area contributed by atoms with Crippen molar-refractivity contribution in [1.82, 2.24) is 5.32 Å². The molecule has 1 aliphatic carbocycles. The van der Waals surface area contributed by atoms with Gasteiger partial charge in [-0.2, -0.15) is 0 Å². The summed E-state index contributed by atoms with van der Waals surface area (Å²) in [5.74, 6) is 0. The van der Waals surface area contributed by atoms with E-state index in [2.05, 4.69) is 28.8 Å². The van der Waals surface area contributed by atoms with Gasteiger partial charge in [-0.1, -0.05) is 12.1 Å². The fourth-order valence-corrected chi connectivity index (χ4v) is 2.11. The molecule has 1 heterocycles. The fraction of sp³-hybridized carbons (Fsp3) is 0.500. The summed E-state index contributed by atoms with van der Waals surface area (Å²) in [6.45, 7) is 2.16. The third-order valence-electron chi connectivity index (χ3n) is 3.08. The molecule has 1 aliphatic heterocycles. The molecule has 1 fully saturated rings. The Balaban J connectivity index is 1.92. The van der Waals surface area contributed by atoms with Gasteiger partial charge in [0, 0.05) is 18.3 Å². The van der Waals surface area contributed by atoms with Crippen LogP contribution in [-0.4, -0.2) is 12.6 Å². The number of benzene rings is 1. The highest BCUT2D eigenvalue weighted by molar-refractivity contribution is 5.56. The van der Waals surface area contributed by atoms with Gasteiger partial charge in [0.15, 0.2) is 0 Å². The lowest BCUT2D eigenvalue weighted by Gasteiger charge is -2.20. The van der Waals surface area contributed by atoms with Crippen LogP contribution in [0.1, 0.15) is 24.0 Å². The van der Waals surface area contributed by atoms with Gasteiger partial charge in [-0.25, -0.2) is 0 Å². The lowest BCUT2D eigenvalue weighted by atomic mass is 9.99. The topological polar surface area (TPSA) is 24.1 Å². The van der Waals surface area contributed by atoms with Crippen LogP contribution in [0.4, 0.5) is 5.69 Å². The van der Waals surface area contributed by atoms with Gasteiger partial charge in [-0.3, -0.25) is 0 Å². The number of hydrogen-bond donors (Lipinski definition) is 2. The highest BCUT2D eigenvalue weighted by Gasteiger charge is 2.22. The Labute approximate surface area is 84.7 Å². The van der Waals surface area contributed by atoms with Crippen LogP contribution in [0, 0.1) is 0 Å². The van der Waals surface area contributed by atoms with E-state index < -0.39 is 0 Å². The smallest absolute Gasteiger partial charge is 0.0378 e. The second kappa shape index (κ2) is 3.28. The first-order chi connectivity index (χ1) is 6.93. The number of nitrogens with one attached hydrogen (secondary N) is 2. The highest BCUT2D eigenvalue weighted by Crippen LogP contribution is 2.29. The maximum absolute atomic E-state index is 3.62. The summed E-state index contributed by atoms with van der Waals surface area (Å²) in [5, 5.41) is 7.03. The van der Waals surface area contributed by atoms with Crippen LogP contribution < -0.4 is 10.6 Å². The second-order valence-electron chi connectivity index (χ2n) is 4.29. The largest absolute Gasteiger partial charge is 0.382 e. The standard InChI is InChI=1S/C12H16N2/c1-2-9-8-13-7-6-11(9)12(3-1)14-10-4-5-10/h1-3,10,13-14H,4-8H2. The van der Waals surface area contributed by atoms with E-state index in [1.807, 2.05) is 0 Å². The third-order valence-corrected chi connectivity index (χ3v) is 3.08. The molecule has 0 unspecified atom stereocenters. The molecule has 0 saturated heterocycles. The SMILES string of the molecule is c1cc2c(c(NC3CC3)c1)CCNC2. The summed E-state index contributed by atoms with van der Waals surface area (Å²) in [7, 11) is 0. The Morgan fingerprint density at radius 3 is 3.07 bits per heavy atom. The first-order valence-electron chi connectivity index (χ1n) is 5.51. The minimum atomic E-state index is 0.761. The quantitative estimate of drug-likeness (QED) is 0.740. The first kappa shape index (κ1) is 8.30. The predicted octanol–water partition coefficient (Wildman–Crippen LogP) is 1.91. The monoisotopic (exact) mass is 188 g/mol. The zero-order valence-corrected chi connectivity index (χ0v) is 8.34. The fourth-order valence-electron chi connectivity index (χ4n) is 2.11. The number of anilines is 1. The van der Waals surface area contributed by atoms with Gasteiger partial charge in [-0.15, -0.1) is 0 Å². The lowest BCUT2D eigenvalue weighted by molar-refractivity contribution is 0.644. The summed E-state index contributed by atoms with van der Waals surface area (Å²) in [6.07, 6.45) is 3.87. The molecule has 0 atom stereocenters. The van der Waals surface area contributed by atoms with Crippen LogP contribution in [-0.2, 0) is 13.0 Å². The molecule has 1 saturated carbocycles. The van der Waals surface area contributed by atoms with Crippen LogP contribution in [0.25, 0.3) is 0 Å². The van der Waals surface area contributed by atoms with E-state index in [9.17, 15) is 0 Å². The van der Waals surface area contributed by atoms with Crippen molar-refractivity contribution in [3.8, 4) is 0 Å². The van der Waals surface area contributed by atoms with Gasteiger partial charge < -0.3 is 10.6 Å². The maximum atomic E-state index is 3.62. The molecule has 1 aromatic rings. The molecule has 2 heteroatoms. The lowest BCUT2D eigenvalue weighted by Crippen LogP contribution is -2.24. The Kier molecular flexibility index (Phi) is 1.95. The summed E-state index contributed by atoms with van der Waals surface area (Å²) in [4.78, 5) is 0. The average Bonchev–Trinajstić information content (AvgIpc) is 3.03. The summed E-state index contributed by atoms with van der Waals surface area (Å²) >= 11 is 0. The Morgan fingerprint density at radius 2 is 2.21 bits per heavy atom. The Hall–Kier alpha value is -1.02. The number of fused-ring (bicyclic) bond motifs is 1. The molecular formula is C12H16N2. The van der Waals surface area contributed by atoms with Crippen LogP contribution in [0.5, 0.6) is 0 Å². The second-order valence-corrected chi connectivity index (χ2v) is 4.29. The van der Waals surface area contributed by atoms with Crippen molar-refractivity contribution in [2.24, 2.45) is 0 Å². The molecule has 0 aromatic heterocycles. The minimum Gasteiger partial charge on any atom is -0.382 e. The van der Waals surface area contributed by atoms with E-state index in [1.165, 1.54) is 36.1 Å². The molecule has 0 radical (unpaired) electrons. The van der Waals surface area contributed by atoms with Crippen molar-refractivity contribution in [1.29, 1.82) is 0 Å². The molecule has 0 bridgehead atoms. The van der Waals surface area contributed by atoms with E-state index in [4.69, 9.17) is 0 Å². The van der Waals surface area contributed by atoms with Crippen molar-refractivity contribution in [3.63, 3.8) is 0 Å². The Morgan fingerprint density at radius 1 is 1.29 bits per heavy atom. The molecule has 1 aromatic carbocycles. The van der Waals surface area contributed by atoms with Gasteiger partial charge in [0.2, 0.25) is 0 Å². The highest BCUT2D eigenvalue weighted by atomic mass is 15.0. The van der Waals surface area contributed by atoms with Crippen molar-refractivity contribution in [2.45, 2.75) is 31.8 Å². The first-order valence-corrected chi connectivity index (χ1v) is 5.51. The van der Waals surface area contributed by atoms with Gasteiger partial charge in [0.25, 0.3) is 0 Å². The zero-order valence-electron chi connectivity index (χ0n) is 8.34. The maximum Gasteiger partial charge on any atom is 0.0378 e. The van der Waals surface area contributed by atoms with Crippen molar-refractivity contribution < 1.29 is 0 Å². The summed E-state index contributed by atoms with van der Waals surface area (Å²) in [6, 6.07) is 7.38. The summed E-state index contributed by atoms with van der Waals surface area (Å²) < 4.78 is 0. The van der Waals surface area contributed by atoms with Crippen LogP contribution >= 0.6 is 0 Å². The van der Waals surface area contributed by atoms with E-state index in [0.29, 0.717) is 0 Å². The van der Waals surface area contributed by atoms with Crippen molar-refractivity contribution in [2.75, 3.05) is 11.9 Å². The zero-order chi connectivity index (χ0) is 9.38. The van der Waals surface area contributed by atoms with Crippen LogP contribution in [0.3, 0.4) is 0 Å². The number of rotatable bonds is 2. The van der Waals surface area contributed by atoms with Crippen LogP contribution in [0.2, 0.25) is 0 Å². The molecule has 2 N–H and O–H groups in total. The van der Waals surface area contributed by atoms with Crippen molar-refractivity contribution in [3.05, 3.63) is 29.3 Å². The molecule has 0 amide bonds. The molecular weight excluding hydrogens is 172 g/mol. The molecule has 14 heavy (non-hydrogen) atoms. The average molecular weight is 188 g/mol. The van der Waals surface area contributed by atoms with E-state index in [-0.39, 0.29) is 0 Å². The van der Waals surface area contributed by atoms with E-state index >= 15 is 0 Å². The van der Waals surface area contributed by atoms with Crippen molar-refractivity contribution >= 4 is 5.69 Å². The Bertz CT molecular complexity index is 342. The van der Waals surface area contributed by atoms with E-state index in [0.717, 1.165) is 19.1 Å². The third kappa shape index (κ3) is 1.50. The summed E-state index contributed by atoms with van der Waals surface area (Å²) in [5.41, 5.74) is 4.39. The molecule has 0 spiro atoms. The van der Waals surface area contributed by atoms with Gasteiger partial charge in [-0.05, 0) is 43.0 Å². The minimum absolute atomic E-state index is 0.761. The van der Waals surface area contributed by atoms with E-state index in [1.54, 1.807) is 0 Å². The van der Waals surface area contributed by atoms with Gasteiger partial charge in [0.05, 0.1) is 0 Å². The van der Waals surface area contributed by atoms with Gasteiger partial charge >= 0.3 is 0 Å². The molecule has 74 valence electrons.